The van der Waals surface area contributed by atoms with Crippen molar-refractivity contribution in [1.82, 2.24) is 0 Å². The van der Waals surface area contributed by atoms with Crippen LogP contribution in [0.15, 0.2) is 24.3 Å². The summed E-state index contributed by atoms with van der Waals surface area (Å²) in [5.41, 5.74) is 6.81. The van der Waals surface area contributed by atoms with Crippen LogP contribution >= 0.6 is 12.2 Å². The highest BCUT2D eigenvalue weighted by atomic mass is 32.2. The van der Waals surface area contributed by atoms with Gasteiger partial charge in [-0.1, -0.05) is 24.4 Å². The van der Waals surface area contributed by atoms with Crippen LogP contribution in [0.1, 0.15) is 18.4 Å². The molecule has 0 bridgehead atoms. The van der Waals surface area contributed by atoms with E-state index < -0.39 is 16.0 Å². The van der Waals surface area contributed by atoms with E-state index in [1.807, 2.05) is 0 Å². The smallest absolute Gasteiger partial charge is 0.305 e. The van der Waals surface area contributed by atoms with Gasteiger partial charge in [-0.2, -0.15) is 0 Å². The first kappa shape index (κ1) is 17.4. The molecular formula is C13H18N2O4S2. The van der Waals surface area contributed by atoms with E-state index in [9.17, 15) is 13.2 Å². The highest BCUT2D eigenvalue weighted by Crippen LogP contribution is 2.12. The van der Waals surface area contributed by atoms with Crippen molar-refractivity contribution in [2.75, 3.05) is 17.6 Å². The molecular weight excluding hydrogens is 312 g/mol. The van der Waals surface area contributed by atoms with E-state index in [4.69, 9.17) is 18.0 Å². The minimum absolute atomic E-state index is 0.0737. The van der Waals surface area contributed by atoms with Gasteiger partial charge in [0.1, 0.15) is 0 Å². The van der Waals surface area contributed by atoms with Gasteiger partial charge in [0.25, 0.3) is 0 Å². The molecule has 6 nitrogen and oxygen atoms in total. The molecule has 0 atom stereocenters. The summed E-state index contributed by atoms with van der Waals surface area (Å²) in [7, 11) is -2.22. The van der Waals surface area contributed by atoms with Gasteiger partial charge in [0.05, 0.1) is 17.9 Å². The van der Waals surface area contributed by atoms with Gasteiger partial charge >= 0.3 is 5.97 Å². The lowest BCUT2D eigenvalue weighted by atomic mass is 10.1. The molecule has 0 amide bonds. The second-order valence-corrected chi connectivity index (χ2v) is 6.81. The van der Waals surface area contributed by atoms with Crippen molar-refractivity contribution in [3.8, 4) is 0 Å². The van der Waals surface area contributed by atoms with Gasteiger partial charge in [-0.25, -0.2) is 8.42 Å². The monoisotopic (exact) mass is 330 g/mol. The van der Waals surface area contributed by atoms with Gasteiger partial charge in [-0.3, -0.25) is 9.52 Å². The van der Waals surface area contributed by atoms with E-state index >= 15 is 0 Å². The standard InChI is InChI=1S/C13H18N2O4S2/c1-19-13(16)3-2-8-21(17,18)15-11-6-4-10(5-7-11)9-12(14)20/h4-7,15H,2-3,8-9H2,1H3,(H2,14,20). The Labute approximate surface area is 129 Å². The Bertz CT molecular complexity index is 597. The lowest BCUT2D eigenvalue weighted by Crippen LogP contribution is -2.17. The number of hydrogen-bond donors (Lipinski definition) is 2. The van der Waals surface area contributed by atoms with E-state index in [2.05, 4.69) is 9.46 Å². The van der Waals surface area contributed by atoms with Crippen molar-refractivity contribution in [1.29, 1.82) is 0 Å². The summed E-state index contributed by atoms with van der Waals surface area (Å²) in [5, 5.41) is 0. The van der Waals surface area contributed by atoms with Crippen LogP contribution in [0.5, 0.6) is 0 Å². The number of anilines is 1. The Hall–Kier alpha value is -1.67. The molecule has 0 fully saturated rings. The average molecular weight is 330 g/mol. The summed E-state index contributed by atoms with van der Waals surface area (Å²) in [6.07, 6.45) is 0.757. The first-order valence-electron chi connectivity index (χ1n) is 6.27. The van der Waals surface area contributed by atoms with Gasteiger partial charge in [-0.05, 0) is 24.1 Å². The highest BCUT2D eigenvalue weighted by molar-refractivity contribution is 7.92. The molecule has 1 rings (SSSR count). The second kappa shape index (κ2) is 7.94. The molecule has 0 aliphatic carbocycles. The van der Waals surface area contributed by atoms with Crippen LogP contribution in [0.4, 0.5) is 5.69 Å². The van der Waals surface area contributed by atoms with E-state index in [1.165, 1.54) is 7.11 Å². The molecule has 116 valence electrons. The minimum Gasteiger partial charge on any atom is -0.469 e. The van der Waals surface area contributed by atoms with Crippen LogP contribution in [-0.4, -0.2) is 32.2 Å². The Morgan fingerprint density at radius 1 is 1.33 bits per heavy atom. The molecule has 0 aromatic heterocycles. The Kier molecular flexibility index (Phi) is 6.57. The number of ether oxygens (including phenoxy) is 1. The van der Waals surface area contributed by atoms with E-state index in [1.54, 1.807) is 24.3 Å². The number of sulfonamides is 1. The van der Waals surface area contributed by atoms with Crippen molar-refractivity contribution < 1.29 is 17.9 Å². The first-order chi connectivity index (χ1) is 9.82. The summed E-state index contributed by atoms with van der Waals surface area (Å²) < 4.78 is 30.6. The number of rotatable bonds is 8. The topological polar surface area (TPSA) is 98.5 Å². The number of benzene rings is 1. The maximum atomic E-state index is 11.8. The molecule has 8 heteroatoms. The Balaban J connectivity index is 2.54. The lowest BCUT2D eigenvalue weighted by Gasteiger charge is -2.08. The maximum absolute atomic E-state index is 11.8. The molecule has 0 saturated carbocycles. The summed E-state index contributed by atoms with van der Waals surface area (Å²) in [6.45, 7) is 0. The van der Waals surface area contributed by atoms with Crippen molar-refractivity contribution in [2.45, 2.75) is 19.3 Å². The Morgan fingerprint density at radius 3 is 2.48 bits per heavy atom. The van der Waals surface area contributed by atoms with Crippen molar-refractivity contribution in [3.63, 3.8) is 0 Å². The molecule has 1 aromatic carbocycles. The molecule has 0 saturated heterocycles. The summed E-state index contributed by atoms with van der Waals surface area (Å²) in [4.78, 5) is 11.3. The molecule has 0 spiro atoms. The van der Waals surface area contributed by atoms with Gasteiger partial charge in [0.2, 0.25) is 10.0 Å². The fourth-order valence-corrected chi connectivity index (χ4v) is 2.92. The number of nitrogens with one attached hydrogen (secondary N) is 1. The molecule has 1 aromatic rings. The molecule has 3 N–H and O–H groups in total. The van der Waals surface area contributed by atoms with E-state index in [-0.39, 0.29) is 18.6 Å². The third kappa shape index (κ3) is 7.05. The summed E-state index contributed by atoms with van der Waals surface area (Å²) in [5.74, 6) is -0.566. The number of carbonyl (C=O) groups is 1. The van der Waals surface area contributed by atoms with Crippen LogP contribution < -0.4 is 10.5 Å². The summed E-state index contributed by atoms with van der Waals surface area (Å²) >= 11 is 4.81. The predicted molar refractivity (Wildman–Crippen MR) is 85.6 cm³/mol. The van der Waals surface area contributed by atoms with E-state index in [0.717, 1.165) is 5.56 Å². The number of carbonyl (C=O) groups excluding carboxylic acids is 1. The predicted octanol–water partition coefficient (Wildman–Crippen LogP) is 1.21. The number of esters is 1. The normalized spacial score (nSPS) is 10.9. The number of nitrogens with two attached hydrogens (primary N) is 1. The van der Waals surface area contributed by atoms with Crippen LogP contribution in [-0.2, 0) is 26.0 Å². The van der Waals surface area contributed by atoms with Crippen molar-refractivity contribution in [2.24, 2.45) is 5.73 Å². The highest BCUT2D eigenvalue weighted by Gasteiger charge is 2.12. The van der Waals surface area contributed by atoms with Gasteiger partial charge in [0.15, 0.2) is 0 Å². The fraction of sp³-hybridized carbons (Fsp3) is 0.385. The zero-order valence-corrected chi connectivity index (χ0v) is 13.3. The minimum atomic E-state index is -3.48. The molecule has 0 radical (unpaired) electrons. The van der Waals surface area contributed by atoms with E-state index in [0.29, 0.717) is 17.1 Å². The zero-order valence-electron chi connectivity index (χ0n) is 11.7. The van der Waals surface area contributed by atoms with Gasteiger partial charge < -0.3 is 10.5 Å². The molecule has 0 unspecified atom stereocenters. The molecule has 0 aliphatic heterocycles. The third-order valence-electron chi connectivity index (χ3n) is 2.63. The maximum Gasteiger partial charge on any atom is 0.305 e. The second-order valence-electron chi connectivity index (χ2n) is 4.44. The Morgan fingerprint density at radius 2 is 1.95 bits per heavy atom. The SMILES string of the molecule is COC(=O)CCCS(=O)(=O)Nc1ccc(CC(N)=S)cc1. The lowest BCUT2D eigenvalue weighted by molar-refractivity contribution is -0.140. The van der Waals surface area contributed by atoms with Crippen LogP contribution in [0.3, 0.4) is 0 Å². The number of hydrogen-bond acceptors (Lipinski definition) is 5. The zero-order chi connectivity index (χ0) is 15.9. The quantitative estimate of drug-likeness (QED) is 0.549. The van der Waals surface area contributed by atoms with Gasteiger partial charge in [0, 0.05) is 18.5 Å². The first-order valence-corrected chi connectivity index (χ1v) is 8.33. The largest absolute Gasteiger partial charge is 0.469 e. The van der Waals surface area contributed by atoms with Crippen LogP contribution in [0, 0.1) is 0 Å². The number of methoxy groups -OCH3 is 1. The fourth-order valence-electron chi connectivity index (χ4n) is 1.63. The van der Waals surface area contributed by atoms with Crippen LogP contribution in [0.2, 0.25) is 0 Å². The molecule has 21 heavy (non-hydrogen) atoms. The average Bonchev–Trinajstić information content (AvgIpc) is 2.39. The number of thiocarbonyl (C=S) groups is 1. The third-order valence-corrected chi connectivity index (χ3v) is 4.14. The van der Waals surface area contributed by atoms with Crippen LogP contribution in [0.25, 0.3) is 0 Å². The molecule has 0 aliphatic rings. The summed E-state index contributed by atoms with van der Waals surface area (Å²) in [6, 6.07) is 6.80. The molecule has 0 heterocycles. The van der Waals surface area contributed by atoms with Crippen molar-refractivity contribution in [3.05, 3.63) is 29.8 Å². The van der Waals surface area contributed by atoms with Gasteiger partial charge in [-0.15, -0.1) is 0 Å². The van der Waals surface area contributed by atoms with Crippen molar-refractivity contribution >= 4 is 38.9 Å².